The second-order valence-electron chi connectivity index (χ2n) is 7.80. The van der Waals surface area contributed by atoms with Crippen molar-refractivity contribution in [1.29, 1.82) is 0 Å². The predicted octanol–water partition coefficient (Wildman–Crippen LogP) is 2.07. The van der Waals surface area contributed by atoms with Crippen LogP contribution in [0.2, 0.25) is 0 Å². The van der Waals surface area contributed by atoms with E-state index in [1.807, 2.05) is 0 Å². The van der Waals surface area contributed by atoms with E-state index in [0.29, 0.717) is 11.8 Å². The number of aliphatic hydroxyl groups is 3. The van der Waals surface area contributed by atoms with Gasteiger partial charge in [-0.1, -0.05) is 24.3 Å². The Morgan fingerprint density at radius 3 is 2.43 bits per heavy atom. The van der Waals surface area contributed by atoms with Crippen LogP contribution in [0.5, 0.6) is 0 Å². The summed E-state index contributed by atoms with van der Waals surface area (Å²) >= 11 is 0. The van der Waals surface area contributed by atoms with Gasteiger partial charge in [0.15, 0.2) is 6.29 Å². The molecule has 1 aromatic heterocycles. The second kappa shape index (κ2) is 9.13. The van der Waals surface area contributed by atoms with E-state index < -0.39 is 42.0 Å². The van der Waals surface area contributed by atoms with E-state index in [2.05, 4.69) is 10.4 Å². The van der Waals surface area contributed by atoms with E-state index in [1.54, 1.807) is 37.3 Å². The van der Waals surface area contributed by atoms with Crippen LogP contribution in [0, 0.1) is 0 Å². The molecule has 0 aliphatic carbocycles. The Hall–Kier alpha value is -3.74. The number of amides is 2. The summed E-state index contributed by atoms with van der Waals surface area (Å²) in [4.78, 5) is 27.2. The fourth-order valence-corrected chi connectivity index (χ4v) is 4.00. The number of hydrogen-bond donors (Lipinski definition) is 4. The number of halogens is 3. The number of carbonyl (C=O) groups excluding carboxylic acids is 2. The van der Waals surface area contributed by atoms with Gasteiger partial charge in [-0.3, -0.25) is 14.5 Å². The van der Waals surface area contributed by atoms with Crippen LogP contribution in [0.4, 0.5) is 19.0 Å². The number of fused-ring (bicyclic) bond motifs is 1. The van der Waals surface area contributed by atoms with Gasteiger partial charge in [0.1, 0.15) is 23.7 Å². The highest BCUT2D eigenvalue weighted by Crippen LogP contribution is 2.40. The van der Waals surface area contributed by atoms with Crippen molar-refractivity contribution in [2.45, 2.75) is 31.5 Å². The molecule has 2 atom stereocenters. The summed E-state index contributed by atoms with van der Waals surface area (Å²) in [7, 11) is 0. The molecular formula is C23H21F3N4O5. The lowest BCUT2D eigenvalue weighted by molar-refractivity contribution is -0.137. The van der Waals surface area contributed by atoms with Crippen LogP contribution in [0.3, 0.4) is 0 Å². The maximum absolute atomic E-state index is 13.3. The Balaban J connectivity index is 1.76. The monoisotopic (exact) mass is 490 g/mol. The van der Waals surface area contributed by atoms with E-state index in [4.69, 9.17) is 0 Å². The molecule has 4 N–H and O–H groups in total. The summed E-state index contributed by atoms with van der Waals surface area (Å²) in [5, 5.41) is 37.3. The highest BCUT2D eigenvalue weighted by molar-refractivity contribution is 6.04. The molecule has 9 nitrogen and oxygen atoms in total. The Kier molecular flexibility index (Phi) is 6.36. The molecule has 12 heteroatoms. The summed E-state index contributed by atoms with van der Waals surface area (Å²) in [6, 6.07) is 10.5. The molecule has 2 aromatic carbocycles. The molecule has 2 amide bonds. The summed E-state index contributed by atoms with van der Waals surface area (Å²) in [6.45, 7) is 1.69. The minimum atomic E-state index is -4.68. The average molecular weight is 490 g/mol. The summed E-state index contributed by atoms with van der Waals surface area (Å²) in [5.74, 6) is -1.68. The molecule has 2 heterocycles. The Labute approximate surface area is 197 Å². The standard InChI is InChI=1S/C23H21F3N4O5/c1-2-29-20-15(16(22(34)35)28-30(20)14-9-4-3-5-10-14)18(31)17(21(29)33)27-19(32)12-7-6-8-13(11-12)23(24,25)26/h3-11,17-18,22,31,34-35H,2H2,1H3,(H,27,32)/t17-,18-/m1/s1. The Morgan fingerprint density at radius 2 is 1.83 bits per heavy atom. The lowest BCUT2D eigenvalue weighted by atomic mass is 9.95. The minimum Gasteiger partial charge on any atom is -0.385 e. The number of rotatable bonds is 5. The van der Waals surface area contributed by atoms with Crippen molar-refractivity contribution < 1.29 is 38.1 Å². The maximum Gasteiger partial charge on any atom is 0.416 e. The Bertz CT molecular complexity index is 1260. The maximum atomic E-state index is 13.3. The number of benzene rings is 2. The third-order valence-corrected chi connectivity index (χ3v) is 5.62. The van der Waals surface area contributed by atoms with Crippen LogP contribution in [-0.4, -0.2) is 49.5 Å². The molecule has 184 valence electrons. The molecular weight excluding hydrogens is 469 g/mol. The molecule has 1 aliphatic heterocycles. The van der Waals surface area contributed by atoms with Crippen LogP contribution in [0.15, 0.2) is 54.6 Å². The van der Waals surface area contributed by atoms with Crippen molar-refractivity contribution in [2.75, 3.05) is 11.4 Å². The number of nitrogens with one attached hydrogen (secondary N) is 1. The number of alkyl halides is 3. The molecule has 0 fully saturated rings. The predicted molar refractivity (Wildman–Crippen MR) is 116 cm³/mol. The highest BCUT2D eigenvalue weighted by atomic mass is 19.4. The fourth-order valence-electron chi connectivity index (χ4n) is 4.00. The van der Waals surface area contributed by atoms with Crippen LogP contribution in [0.25, 0.3) is 5.69 Å². The van der Waals surface area contributed by atoms with Gasteiger partial charge in [-0.2, -0.15) is 18.3 Å². The zero-order valence-electron chi connectivity index (χ0n) is 18.3. The first-order valence-electron chi connectivity index (χ1n) is 10.6. The number of carbonyl (C=O) groups is 2. The van der Waals surface area contributed by atoms with Crippen molar-refractivity contribution in [3.8, 4) is 5.69 Å². The first kappa shape index (κ1) is 24.4. The fraction of sp³-hybridized carbons (Fsp3) is 0.261. The number of anilines is 1. The highest BCUT2D eigenvalue weighted by Gasteiger charge is 2.45. The van der Waals surface area contributed by atoms with Gasteiger partial charge in [-0.05, 0) is 37.3 Å². The van der Waals surface area contributed by atoms with Crippen molar-refractivity contribution >= 4 is 17.6 Å². The van der Waals surface area contributed by atoms with Crippen LogP contribution in [0.1, 0.15) is 46.5 Å². The summed E-state index contributed by atoms with van der Waals surface area (Å²) < 4.78 is 40.4. The zero-order chi connectivity index (χ0) is 25.5. The number of para-hydroxylation sites is 1. The number of aromatic nitrogens is 2. The number of nitrogens with zero attached hydrogens (tertiary/aromatic N) is 3. The van der Waals surface area contributed by atoms with Crippen molar-refractivity contribution in [3.63, 3.8) is 0 Å². The molecule has 0 radical (unpaired) electrons. The van der Waals surface area contributed by atoms with Gasteiger partial charge < -0.3 is 20.6 Å². The molecule has 1 aliphatic rings. The summed E-state index contributed by atoms with van der Waals surface area (Å²) in [6.07, 6.45) is -8.55. The number of aliphatic hydroxyl groups excluding tert-OH is 2. The van der Waals surface area contributed by atoms with E-state index in [0.717, 1.165) is 18.2 Å². The first-order chi connectivity index (χ1) is 16.5. The van der Waals surface area contributed by atoms with Gasteiger partial charge in [0.05, 0.1) is 16.8 Å². The zero-order valence-corrected chi connectivity index (χ0v) is 18.3. The molecule has 0 saturated heterocycles. The SMILES string of the molecule is CCN1C(=O)[C@H](NC(=O)c2cccc(C(F)(F)F)c2)[C@H](O)c2c(C(O)O)nn(-c3ccccc3)c21. The molecule has 0 saturated carbocycles. The lowest BCUT2D eigenvalue weighted by Crippen LogP contribution is -2.55. The van der Waals surface area contributed by atoms with Gasteiger partial charge in [0, 0.05) is 12.1 Å². The van der Waals surface area contributed by atoms with Crippen LogP contribution < -0.4 is 10.2 Å². The quantitative estimate of drug-likeness (QED) is 0.406. The Morgan fingerprint density at radius 1 is 1.14 bits per heavy atom. The topological polar surface area (TPSA) is 128 Å². The van der Waals surface area contributed by atoms with Crippen molar-refractivity contribution in [2.24, 2.45) is 0 Å². The van der Waals surface area contributed by atoms with Crippen LogP contribution in [-0.2, 0) is 11.0 Å². The van der Waals surface area contributed by atoms with Crippen LogP contribution >= 0.6 is 0 Å². The van der Waals surface area contributed by atoms with Gasteiger partial charge in [0.2, 0.25) is 0 Å². The largest absolute Gasteiger partial charge is 0.416 e. The first-order valence-corrected chi connectivity index (χ1v) is 10.6. The number of likely N-dealkylation sites (N-methyl/N-ethyl adjacent to an activating group) is 1. The normalized spacial score (nSPS) is 18.1. The van der Waals surface area contributed by atoms with Gasteiger partial charge in [-0.15, -0.1) is 0 Å². The van der Waals surface area contributed by atoms with E-state index >= 15 is 0 Å². The van der Waals surface area contributed by atoms with Gasteiger partial charge in [-0.25, -0.2) is 4.68 Å². The molecule has 0 bridgehead atoms. The number of hydrogen-bond acceptors (Lipinski definition) is 6. The molecule has 4 rings (SSSR count). The minimum absolute atomic E-state index is 0.0635. The lowest BCUT2D eigenvalue weighted by Gasteiger charge is -2.36. The molecule has 35 heavy (non-hydrogen) atoms. The molecule has 0 spiro atoms. The van der Waals surface area contributed by atoms with E-state index in [-0.39, 0.29) is 29.2 Å². The third kappa shape index (κ3) is 4.38. The summed E-state index contributed by atoms with van der Waals surface area (Å²) in [5.41, 5.74) is -1.37. The van der Waals surface area contributed by atoms with Gasteiger partial charge >= 0.3 is 6.18 Å². The van der Waals surface area contributed by atoms with Crippen molar-refractivity contribution in [1.82, 2.24) is 15.1 Å². The molecule has 3 aromatic rings. The van der Waals surface area contributed by atoms with Crippen molar-refractivity contribution in [3.05, 3.63) is 77.0 Å². The van der Waals surface area contributed by atoms with E-state index in [9.17, 15) is 38.1 Å². The van der Waals surface area contributed by atoms with Gasteiger partial charge in [0.25, 0.3) is 11.8 Å². The molecule has 0 unspecified atom stereocenters. The van der Waals surface area contributed by atoms with E-state index in [1.165, 1.54) is 9.58 Å². The average Bonchev–Trinajstić information content (AvgIpc) is 3.23. The smallest absolute Gasteiger partial charge is 0.385 e. The third-order valence-electron chi connectivity index (χ3n) is 5.62. The second-order valence-corrected chi connectivity index (χ2v) is 7.80.